The summed E-state index contributed by atoms with van der Waals surface area (Å²) < 4.78 is 5.31. The zero-order valence-corrected chi connectivity index (χ0v) is 16.3. The molecule has 0 saturated carbocycles. The van der Waals surface area contributed by atoms with Crippen molar-refractivity contribution < 1.29 is 14.2 Å². The normalized spacial score (nSPS) is 11.8. The minimum absolute atomic E-state index is 0.00101. The van der Waals surface area contributed by atoms with E-state index in [4.69, 9.17) is 4.52 Å². The third kappa shape index (κ3) is 4.84. The first-order valence-electron chi connectivity index (χ1n) is 9.43. The molecule has 0 N–H and O–H groups in total. The van der Waals surface area contributed by atoms with Gasteiger partial charge in [-0.2, -0.15) is 4.98 Å². The molecule has 0 radical (unpaired) electrons. The molecular formula is C21H22N4O4. The first-order valence-corrected chi connectivity index (χ1v) is 9.43. The molecule has 3 aromatic rings. The summed E-state index contributed by atoms with van der Waals surface area (Å²) >= 11 is 0. The third-order valence-corrected chi connectivity index (χ3v) is 4.78. The lowest BCUT2D eigenvalue weighted by molar-refractivity contribution is -0.384. The van der Waals surface area contributed by atoms with Crippen LogP contribution in [0.2, 0.25) is 0 Å². The van der Waals surface area contributed by atoms with Crippen molar-refractivity contribution in [1.82, 2.24) is 15.0 Å². The highest BCUT2D eigenvalue weighted by Gasteiger charge is 2.21. The molecule has 1 unspecified atom stereocenters. The van der Waals surface area contributed by atoms with Gasteiger partial charge in [0, 0.05) is 42.3 Å². The average molecular weight is 394 g/mol. The van der Waals surface area contributed by atoms with E-state index in [1.165, 1.54) is 12.1 Å². The maximum absolute atomic E-state index is 12.9. The van der Waals surface area contributed by atoms with Crippen LogP contribution in [-0.4, -0.2) is 38.5 Å². The van der Waals surface area contributed by atoms with Crippen molar-refractivity contribution in [2.75, 3.05) is 6.54 Å². The Kier molecular flexibility index (Phi) is 6.33. The minimum Gasteiger partial charge on any atom is -0.339 e. The number of aromatic nitrogens is 2. The predicted octanol–water partition coefficient (Wildman–Crippen LogP) is 4.13. The van der Waals surface area contributed by atoms with Crippen LogP contribution in [0.1, 0.15) is 36.5 Å². The first kappa shape index (κ1) is 20.2. The molecule has 1 aromatic heterocycles. The van der Waals surface area contributed by atoms with Gasteiger partial charge in [-0.05, 0) is 37.6 Å². The van der Waals surface area contributed by atoms with Crippen LogP contribution in [0.15, 0.2) is 59.1 Å². The SMILES string of the molecule is CCC(C)N(CCc1nc(-c2ccc([N+](=O)[O-])cc2)no1)C(=O)c1ccccc1. The second-order valence-electron chi connectivity index (χ2n) is 6.69. The van der Waals surface area contributed by atoms with E-state index in [0.29, 0.717) is 35.8 Å². The van der Waals surface area contributed by atoms with Gasteiger partial charge in [-0.3, -0.25) is 14.9 Å². The van der Waals surface area contributed by atoms with E-state index in [9.17, 15) is 14.9 Å². The molecule has 8 heteroatoms. The first-order chi connectivity index (χ1) is 14.0. The van der Waals surface area contributed by atoms with Crippen LogP contribution < -0.4 is 0 Å². The van der Waals surface area contributed by atoms with E-state index < -0.39 is 4.92 Å². The lowest BCUT2D eigenvalue weighted by Gasteiger charge is -2.28. The van der Waals surface area contributed by atoms with E-state index in [1.54, 1.807) is 24.3 Å². The van der Waals surface area contributed by atoms with Gasteiger partial charge in [0.25, 0.3) is 11.6 Å². The number of amides is 1. The van der Waals surface area contributed by atoms with Crippen molar-refractivity contribution in [2.45, 2.75) is 32.7 Å². The topological polar surface area (TPSA) is 102 Å². The summed E-state index contributed by atoms with van der Waals surface area (Å²) in [5, 5.41) is 14.7. The Morgan fingerprint density at radius 3 is 2.48 bits per heavy atom. The summed E-state index contributed by atoms with van der Waals surface area (Å²) in [7, 11) is 0. The number of nitrogens with zero attached hydrogens (tertiary/aromatic N) is 4. The van der Waals surface area contributed by atoms with Crippen LogP contribution in [0.3, 0.4) is 0 Å². The van der Waals surface area contributed by atoms with Crippen molar-refractivity contribution in [3.05, 3.63) is 76.2 Å². The number of carbonyl (C=O) groups excluding carboxylic acids is 1. The maximum Gasteiger partial charge on any atom is 0.269 e. The van der Waals surface area contributed by atoms with E-state index in [2.05, 4.69) is 10.1 Å². The molecule has 0 aliphatic carbocycles. The van der Waals surface area contributed by atoms with Crippen LogP contribution in [0.25, 0.3) is 11.4 Å². The monoisotopic (exact) mass is 394 g/mol. The second kappa shape index (κ2) is 9.09. The van der Waals surface area contributed by atoms with Crippen LogP contribution in [-0.2, 0) is 6.42 Å². The molecule has 29 heavy (non-hydrogen) atoms. The Bertz CT molecular complexity index is 970. The van der Waals surface area contributed by atoms with Crippen molar-refractivity contribution in [3.8, 4) is 11.4 Å². The summed E-state index contributed by atoms with van der Waals surface area (Å²) in [5.41, 5.74) is 1.27. The molecule has 0 aliphatic heterocycles. The molecule has 0 bridgehead atoms. The molecule has 1 atom stereocenters. The summed E-state index contributed by atoms with van der Waals surface area (Å²) in [5.74, 6) is 0.738. The zero-order valence-electron chi connectivity index (χ0n) is 16.3. The van der Waals surface area contributed by atoms with Gasteiger partial charge < -0.3 is 9.42 Å². The molecule has 1 heterocycles. The lowest BCUT2D eigenvalue weighted by atomic mass is 10.1. The fourth-order valence-electron chi connectivity index (χ4n) is 2.91. The number of nitro benzene ring substituents is 1. The highest BCUT2D eigenvalue weighted by Crippen LogP contribution is 2.20. The highest BCUT2D eigenvalue weighted by atomic mass is 16.6. The van der Waals surface area contributed by atoms with Crippen molar-refractivity contribution in [2.24, 2.45) is 0 Å². The molecule has 0 fully saturated rings. The molecule has 1 amide bonds. The van der Waals surface area contributed by atoms with Gasteiger partial charge in [-0.25, -0.2) is 0 Å². The highest BCUT2D eigenvalue weighted by molar-refractivity contribution is 5.94. The Hall–Kier alpha value is -3.55. The summed E-state index contributed by atoms with van der Waals surface area (Å²) in [6.07, 6.45) is 1.25. The van der Waals surface area contributed by atoms with E-state index in [1.807, 2.05) is 36.9 Å². The van der Waals surface area contributed by atoms with E-state index in [0.717, 1.165) is 6.42 Å². The van der Waals surface area contributed by atoms with Gasteiger partial charge in [0.1, 0.15) is 0 Å². The summed E-state index contributed by atoms with van der Waals surface area (Å²) in [4.78, 5) is 29.4. The largest absolute Gasteiger partial charge is 0.339 e. The smallest absolute Gasteiger partial charge is 0.269 e. The number of hydrogen-bond acceptors (Lipinski definition) is 6. The number of nitro groups is 1. The van der Waals surface area contributed by atoms with Crippen LogP contribution in [0.4, 0.5) is 5.69 Å². The number of non-ortho nitro benzene ring substituents is 1. The summed E-state index contributed by atoms with van der Waals surface area (Å²) in [6.45, 7) is 4.50. The van der Waals surface area contributed by atoms with Crippen molar-refractivity contribution in [1.29, 1.82) is 0 Å². The van der Waals surface area contributed by atoms with Gasteiger partial charge in [0.15, 0.2) is 0 Å². The number of hydrogen-bond donors (Lipinski definition) is 0. The van der Waals surface area contributed by atoms with E-state index in [-0.39, 0.29) is 17.6 Å². The van der Waals surface area contributed by atoms with Gasteiger partial charge in [0.2, 0.25) is 11.7 Å². The predicted molar refractivity (Wildman–Crippen MR) is 107 cm³/mol. The molecule has 150 valence electrons. The molecule has 0 saturated heterocycles. The quantitative estimate of drug-likeness (QED) is 0.420. The maximum atomic E-state index is 12.9. The van der Waals surface area contributed by atoms with Crippen molar-refractivity contribution >= 4 is 11.6 Å². The second-order valence-corrected chi connectivity index (χ2v) is 6.69. The number of rotatable bonds is 8. The molecular weight excluding hydrogens is 372 g/mol. The van der Waals surface area contributed by atoms with Crippen LogP contribution in [0.5, 0.6) is 0 Å². The zero-order chi connectivity index (χ0) is 20.8. The van der Waals surface area contributed by atoms with Crippen molar-refractivity contribution in [3.63, 3.8) is 0 Å². The fraction of sp³-hybridized carbons (Fsp3) is 0.286. The Balaban J connectivity index is 1.70. The number of benzene rings is 2. The Morgan fingerprint density at radius 1 is 1.17 bits per heavy atom. The van der Waals surface area contributed by atoms with Crippen LogP contribution in [0, 0.1) is 10.1 Å². The number of carbonyl (C=O) groups is 1. The lowest BCUT2D eigenvalue weighted by Crippen LogP contribution is -2.39. The standard InChI is InChI=1S/C21H22N4O4/c1-3-15(2)24(21(26)17-7-5-4-6-8-17)14-13-19-22-20(23-29-19)16-9-11-18(12-10-16)25(27)28/h4-12,15H,3,13-14H2,1-2H3. The fourth-order valence-corrected chi connectivity index (χ4v) is 2.91. The molecule has 0 spiro atoms. The van der Waals surface area contributed by atoms with Gasteiger partial charge in [-0.1, -0.05) is 30.3 Å². The van der Waals surface area contributed by atoms with Gasteiger partial charge in [0.05, 0.1) is 4.92 Å². The summed E-state index contributed by atoms with van der Waals surface area (Å²) in [6, 6.07) is 15.2. The van der Waals surface area contributed by atoms with Gasteiger partial charge >= 0.3 is 0 Å². The molecule has 0 aliphatic rings. The Morgan fingerprint density at radius 2 is 1.86 bits per heavy atom. The third-order valence-electron chi connectivity index (χ3n) is 4.78. The average Bonchev–Trinajstić information content (AvgIpc) is 3.23. The molecule has 2 aromatic carbocycles. The molecule has 8 nitrogen and oxygen atoms in total. The molecule has 3 rings (SSSR count). The Labute approximate surface area is 168 Å². The van der Waals surface area contributed by atoms with Gasteiger partial charge in [-0.15, -0.1) is 0 Å². The van der Waals surface area contributed by atoms with E-state index >= 15 is 0 Å². The minimum atomic E-state index is -0.460. The van der Waals surface area contributed by atoms with Crippen LogP contribution >= 0.6 is 0 Å².